The summed E-state index contributed by atoms with van der Waals surface area (Å²) in [6.07, 6.45) is 0. The number of nitrogens with one attached hydrogen (secondary N) is 1. The molecular weight excluding hydrogens is 254 g/mol. The van der Waals surface area contributed by atoms with Gasteiger partial charge in [-0.25, -0.2) is 9.97 Å². The Morgan fingerprint density at radius 2 is 1.95 bits per heavy atom. The molecule has 6 heteroatoms. The fourth-order valence-corrected chi connectivity index (χ4v) is 2.56. The van der Waals surface area contributed by atoms with Gasteiger partial charge >= 0.3 is 0 Å². The molecule has 20 heavy (non-hydrogen) atoms. The second-order valence-corrected chi connectivity index (χ2v) is 5.48. The monoisotopic (exact) mass is 279 g/mol. The number of methoxy groups -OCH3 is 1. The Bertz CT molecular complexity index is 441. The molecule has 2 unspecified atom stereocenters. The van der Waals surface area contributed by atoms with Crippen molar-refractivity contribution in [1.82, 2.24) is 14.9 Å². The van der Waals surface area contributed by atoms with E-state index in [0.29, 0.717) is 24.5 Å². The fraction of sp³-hybridized carbons (Fsp3) is 0.714. The molecule has 1 aliphatic rings. The molecule has 1 N–H and O–H groups in total. The van der Waals surface area contributed by atoms with E-state index in [0.717, 1.165) is 24.7 Å². The van der Waals surface area contributed by atoms with Crippen molar-refractivity contribution in [2.45, 2.75) is 32.5 Å². The van der Waals surface area contributed by atoms with Crippen molar-refractivity contribution >= 4 is 11.6 Å². The molecule has 1 fully saturated rings. The first kappa shape index (κ1) is 15.0. The van der Waals surface area contributed by atoms with Crippen LogP contribution in [0.1, 0.15) is 19.7 Å². The second-order valence-electron chi connectivity index (χ2n) is 5.48. The SMILES string of the molecule is CNc1cc(N2CC(C)N(C)C(C)C2)nc(COC)n1. The van der Waals surface area contributed by atoms with Crippen molar-refractivity contribution in [3.05, 3.63) is 11.9 Å². The van der Waals surface area contributed by atoms with Gasteiger partial charge in [-0.15, -0.1) is 0 Å². The lowest BCUT2D eigenvalue weighted by Gasteiger charge is -2.43. The van der Waals surface area contributed by atoms with Crippen LogP contribution < -0.4 is 10.2 Å². The molecule has 2 heterocycles. The van der Waals surface area contributed by atoms with Crippen molar-refractivity contribution in [2.24, 2.45) is 0 Å². The van der Waals surface area contributed by atoms with Crippen LogP contribution >= 0.6 is 0 Å². The number of ether oxygens (including phenoxy) is 1. The number of nitrogens with zero attached hydrogens (tertiary/aromatic N) is 4. The Kier molecular flexibility index (Phi) is 4.77. The topological polar surface area (TPSA) is 53.5 Å². The van der Waals surface area contributed by atoms with Crippen LogP contribution in [0.3, 0.4) is 0 Å². The fourth-order valence-electron chi connectivity index (χ4n) is 2.56. The van der Waals surface area contributed by atoms with Crippen molar-refractivity contribution < 1.29 is 4.74 Å². The van der Waals surface area contributed by atoms with E-state index in [1.54, 1.807) is 7.11 Å². The van der Waals surface area contributed by atoms with Gasteiger partial charge in [0.2, 0.25) is 0 Å². The molecule has 0 amide bonds. The second kappa shape index (κ2) is 6.37. The molecule has 0 aliphatic carbocycles. The van der Waals surface area contributed by atoms with Gasteiger partial charge in [0.15, 0.2) is 5.82 Å². The van der Waals surface area contributed by atoms with Gasteiger partial charge in [-0.3, -0.25) is 4.90 Å². The lowest BCUT2D eigenvalue weighted by molar-refractivity contribution is 0.168. The summed E-state index contributed by atoms with van der Waals surface area (Å²) in [5.74, 6) is 2.53. The summed E-state index contributed by atoms with van der Waals surface area (Å²) < 4.78 is 5.15. The molecule has 0 bridgehead atoms. The summed E-state index contributed by atoms with van der Waals surface area (Å²) in [6.45, 7) is 6.89. The highest BCUT2D eigenvalue weighted by atomic mass is 16.5. The third-order valence-electron chi connectivity index (χ3n) is 3.97. The van der Waals surface area contributed by atoms with E-state index < -0.39 is 0 Å². The van der Waals surface area contributed by atoms with Crippen molar-refractivity contribution in [2.75, 3.05) is 44.5 Å². The number of anilines is 2. The number of hydrogen-bond acceptors (Lipinski definition) is 6. The van der Waals surface area contributed by atoms with Crippen molar-refractivity contribution in [1.29, 1.82) is 0 Å². The predicted molar refractivity (Wildman–Crippen MR) is 81.2 cm³/mol. The maximum atomic E-state index is 5.15. The van der Waals surface area contributed by atoms with Crippen LogP contribution in [0.5, 0.6) is 0 Å². The Morgan fingerprint density at radius 1 is 1.30 bits per heavy atom. The minimum atomic E-state index is 0.432. The summed E-state index contributed by atoms with van der Waals surface area (Å²) in [4.78, 5) is 13.8. The van der Waals surface area contributed by atoms with Crippen LogP contribution in [-0.2, 0) is 11.3 Å². The summed E-state index contributed by atoms with van der Waals surface area (Å²) in [6, 6.07) is 3.03. The Balaban J connectivity index is 2.25. The third kappa shape index (κ3) is 3.19. The maximum absolute atomic E-state index is 5.15. The first-order valence-corrected chi connectivity index (χ1v) is 7.06. The first-order valence-electron chi connectivity index (χ1n) is 7.06. The zero-order valence-electron chi connectivity index (χ0n) is 13.1. The summed E-state index contributed by atoms with van der Waals surface area (Å²) >= 11 is 0. The van der Waals surface area contributed by atoms with Crippen LogP contribution in [0.4, 0.5) is 11.6 Å². The molecule has 0 saturated carbocycles. The molecule has 1 aliphatic heterocycles. The van der Waals surface area contributed by atoms with E-state index in [9.17, 15) is 0 Å². The minimum absolute atomic E-state index is 0.432. The molecule has 1 saturated heterocycles. The standard InChI is InChI=1S/C14H25N5O/c1-10-7-19(8-11(2)18(10)4)14-6-12(15-3)16-13(17-14)9-20-5/h6,10-11H,7-9H2,1-5H3,(H,15,16,17). The van der Waals surface area contributed by atoms with Gasteiger partial charge in [-0.2, -0.15) is 0 Å². The Hall–Kier alpha value is -1.40. The number of aromatic nitrogens is 2. The van der Waals surface area contributed by atoms with Crippen LogP contribution in [0.15, 0.2) is 6.07 Å². The van der Waals surface area contributed by atoms with E-state index in [1.807, 2.05) is 13.1 Å². The average Bonchev–Trinajstić information content (AvgIpc) is 2.44. The van der Waals surface area contributed by atoms with Gasteiger partial charge in [0.05, 0.1) is 0 Å². The smallest absolute Gasteiger partial charge is 0.158 e. The number of hydrogen-bond donors (Lipinski definition) is 1. The summed E-state index contributed by atoms with van der Waals surface area (Å²) in [5.41, 5.74) is 0. The van der Waals surface area contributed by atoms with Crippen LogP contribution in [0, 0.1) is 0 Å². The number of likely N-dealkylation sites (N-methyl/N-ethyl adjacent to an activating group) is 1. The molecule has 6 nitrogen and oxygen atoms in total. The predicted octanol–water partition coefficient (Wildman–Crippen LogP) is 1.19. The zero-order chi connectivity index (χ0) is 14.7. The van der Waals surface area contributed by atoms with Gasteiger partial charge < -0.3 is 15.0 Å². The van der Waals surface area contributed by atoms with Gasteiger partial charge in [-0.1, -0.05) is 0 Å². The highest BCUT2D eigenvalue weighted by molar-refractivity contribution is 5.49. The van der Waals surface area contributed by atoms with E-state index in [4.69, 9.17) is 4.74 Å². The van der Waals surface area contributed by atoms with Crippen LogP contribution in [0.25, 0.3) is 0 Å². The van der Waals surface area contributed by atoms with Gasteiger partial charge in [0.25, 0.3) is 0 Å². The number of piperazine rings is 1. The number of rotatable bonds is 4. The quantitative estimate of drug-likeness (QED) is 0.893. The molecule has 0 radical (unpaired) electrons. The molecular formula is C14H25N5O. The molecule has 2 rings (SSSR count). The highest BCUT2D eigenvalue weighted by Crippen LogP contribution is 2.22. The van der Waals surface area contributed by atoms with Gasteiger partial charge in [-0.05, 0) is 20.9 Å². The normalized spacial score (nSPS) is 23.9. The summed E-state index contributed by atoms with van der Waals surface area (Å²) in [5, 5.41) is 3.09. The molecule has 0 aromatic carbocycles. The first-order chi connectivity index (χ1) is 9.55. The molecule has 1 aromatic heterocycles. The Morgan fingerprint density at radius 3 is 2.50 bits per heavy atom. The maximum Gasteiger partial charge on any atom is 0.158 e. The largest absolute Gasteiger partial charge is 0.377 e. The summed E-state index contributed by atoms with van der Waals surface area (Å²) in [7, 11) is 5.72. The van der Waals surface area contributed by atoms with Crippen LogP contribution in [-0.4, -0.2) is 61.2 Å². The molecule has 2 atom stereocenters. The average molecular weight is 279 g/mol. The van der Waals surface area contributed by atoms with Crippen molar-refractivity contribution in [3.63, 3.8) is 0 Å². The van der Waals surface area contributed by atoms with E-state index in [1.165, 1.54) is 0 Å². The van der Waals surface area contributed by atoms with Gasteiger partial charge in [0, 0.05) is 45.4 Å². The van der Waals surface area contributed by atoms with E-state index in [2.05, 4.69) is 46.0 Å². The lowest BCUT2D eigenvalue weighted by Crippen LogP contribution is -2.55. The van der Waals surface area contributed by atoms with Gasteiger partial charge in [0.1, 0.15) is 18.2 Å². The van der Waals surface area contributed by atoms with E-state index >= 15 is 0 Å². The van der Waals surface area contributed by atoms with Crippen LogP contribution in [0.2, 0.25) is 0 Å². The lowest BCUT2D eigenvalue weighted by atomic mass is 10.1. The molecule has 112 valence electrons. The molecule has 1 aromatic rings. The minimum Gasteiger partial charge on any atom is -0.377 e. The van der Waals surface area contributed by atoms with E-state index in [-0.39, 0.29) is 0 Å². The highest BCUT2D eigenvalue weighted by Gasteiger charge is 2.27. The molecule has 0 spiro atoms. The third-order valence-corrected chi connectivity index (χ3v) is 3.97. The Labute approximate surface area is 121 Å². The van der Waals surface area contributed by atoms with Crippen molar-refractivity contribution in [3.8, 4) is 0 Å². The zero-order valence-corrected chi connectivity index (χ0v) is 13.1.